The van der Waals surface area contributed by atoms with Crippen molar-refractivity contribution in [3.63, 3.8) is 0 Å². The third-order valence-corrected chi connectivity index (χ3v) is 4.15. The first-order chi connectivity index (χ1) is 12.4. The van der Waals surface area contributed by atoms with Crippen LogP contribution in [0.2, 0.25) is 0 Å². The number of carbonyl (C=O) groups excluding carboxylic acids is 1. The second-order valence-corrected chi connectivity index (χ2v) is 6.58. The van der Waals surface area contributed by atoms with Crippen molar-refractivity contribution >= 4 is 35.1 Å². The fraction of sp³-hybridized carbons (Fsp3) is 0.158. The predicted molar refractivity (Wildman–Crippen MR) is 101 cm³/mol. The maximum atomic E-state index is 12.3. The van der Waals surface area contributed by atoms with Gasteiger partial charge in [-0.15, -0.1) is 0 Å². The van der Waals surface area contributed by atoms with Gasteiger partial charge in [0.1, 0.15) is 11.6 Å². The molecule has 0 heterocycles. The first kappa shape index (κ1) is 19.5. The Balaban J connectivity index is 2.09. The number of alkyl halides is 2. The number of hydrogen-bond donors (Lipinski definition) is 1. The highest BCUT2D eigenvalue weighted by Gasteiger charge is 2.10. The van der Waals surface area contributed by atoms with E-state index in [9.17, 15) is 18.8 Å². The highest BCUT2D eigenvalue weighted by molar-refractivity contribution is 7.99. The van der Waals surface area contributed by atoms with Crippen LogP contribution in [0.25, 0.3) is 6.08 Å². The van der Waals surface area contributed by atoms with E-state index in [2.05, 4.69) is 5.32 Å². The van der Waals surface area contributed by atoms with Gasteiger partial charge in [0.25, 0.3) is 11.7 Å². The van der Waals surface area contributed by atoms with Crippen LogP contribution in [-0.4, -0.2) is 25.8 Å². The molecule has 0 radical (unpaired) electrons. The van der Waals surface area contributed by atoms with Crippen LogP contribution in [0.15, 0.2) is 59.0 Å². The van der Waals surface area contributed by atoms with E-state index in [0.29, 0.717) is 22.3 Å². The summed E-state index contributed by atoms with van der Waals surface area (Å²) in [5.74, 6) is -3.05. The standard InChI is InChI=1S/C19H17F2N3OS/c1-24(2)16-7-3-13(4-8-16)11-14(12-22)18(25)23-15-5-9-17(10-6-15)26-19(20)21/h3-11,19H,1-2H3,(H,23,25)/b14-11+. The molecule has 26 heavy (non-hydrogen) atoms. The van der Waals surface area contributed by atoms with E-state index in [1.807, 2.05) is 49.3 Å². The monoisotopic (exact) mass is 373 g/mol. The van der Waals surface area contributed by atoms with Crippen molar-refractivity contribution in [1.82, 2.24) is 0 Å². The van der Waals surface area contributed by atoms with E-state index in [-0.39, 0.29) is 5.57 Å². The van der Waals surface area contributed by atoms with Crippen LogP contribution in [0.1, 0.15) is 5.56 Å². The molecule has 0 unspecified atom stereocenters. The second kappa shape index (κ2) is 9.02. The number of halogens is 2. The lowest BCUT2D eigenvalue weighted by Gasteiger charge is -2.12. The second-order valence-electron chi connectivity index (χ2n) is 5.51. The summed E-state index contributed by atoms with van der Waals surface area (Å²) in [5, 5.41) is 11.8. The van der Waals surface area contributed by atoms with Crippen LogP contribution < -0.4 is 10.2 Å². The number of amides is 1. The molecule has 2 aromatic rings. The Morgan fingerprint density at radius 1 is 1.15 bits per heavy atom. The number of benzene rings is 2. The number of anilines is 2. The van der Waals surface area contributed by atoms with Crippen molar-refractivity contribution in [2.45, 2.75) is 10.7 Å². The molecule has 0 aliphatic heterocycles. The van der Waals surface area contributed by atoms with E-state index in [4.69, 9.17) is 0 Å². The third kappa shape index (κ3) is 5.60. The van der Waals surface area contributed by atoms with Gasteiger partial charge < -0.3 is 10.2 Å². The lowest BCUT2D eigenvalue weighted by atomic mass is 10.1. The summed E-state index contributed by atoms with van der Waals surface area (Å²) in [6, 6.07) is 15.3. The summed E-state index contributed by atoms with van der Waals surface area (Å²) in [7, 11) is 3.84. The van der Waals surface area contributed by atoms with Crippen LogP contribution >= 0.6 is 11.8 Å². The lowest BCUT2D eigenvalue weighted by Crippen LogP contribution is -2.13. The maximum absolute atomic E-state index is 12.3. The largest absolute Gasteiger partial charge is 0.378 e. The SMILES string of the molecule is CN(C)c1ccc(/C=C(\C#N)C(=O)Nc2ccc(SC(F)F)cc2)cc1. The zero-order valence-electron chi connectivity index (χ0n) is 14.2. The number of hydrogen-bond acceptors (Lipinski definition) is 4. The molecule has 4 nitrogen and oxygen atoms in total. The van der Waals surface area contributed by atoms with E-state index in [0.717, 1.165) is 11.3 Å². The molecule has 2 rings (SSSR count). The smallest absolute Gasteiger partial charge is 0.288 e. The van der Waals surface area contributed by atoms with Crippen LogP contribution in [-0.2, 0) is 4.79 Å². The third-order valence-electron chi connectivity index (χ3n) is 3.42. The minimum atomic E-state index is -2.50. The average Bonchev–Trinajstić information content (AvgIpc) is 2.61. The van der Waals surface area contributed by atoms with Gasteiger partial charge in [-0.25, -0.2) is 0 Å². The van der Waals surface area contributed by atoms with Crippen molar-refractivity contribution in [3.05, 3.63) is 59.7 Å². The van der Waals surface area contributed by atoms with Gasteiger partial charge >= 0.3 is 0 Å². The van der Waals surface area contributed by atoms with Gasteiger partial charge in [0, 0.05) is 30.4 Å². The Morgan fingerprint density at radius 2 is 1.77 bits per heavy atom. The van der Waals surface area contributed by atoms with E-state index in [1.165, 1.54) is 30.3 Å². The quantitative estimate of drug-likeness (QED) is 0.456. The number of nitriles is 1. The van der Waals surface area contributed by atoms with E-state index < -0.39 is 11.7 Å². The molecule has 1 amide bonds. The van der Waals surface area contributed by atoms with Gasteiger partial charge in [-0.1, -0.05) is 23.9 Å². The molecular weight excluding hydrogens is 356 g/mol. The molecule has 0 fully saturated rings. The molecule has 2 aromatic carbocycles. The highest BCUT2D eigenvalue weighted by Crippen LogP contribution is 2.26. The van der Waals surface area contributed by atoms with Crippen LogP contribution in [0, 0.1) is 11.3 Å². The highest BCUT2D eigenvalue weighted by atomic mass is 32.2. The zero-order valence-corrected chi connectivity index (χ0v) is 15.1. The number of rotatable bonds is 6. The minimum Gasteiger partial charge on any atom is -0.378 e. The molecule has 0 saturated carbocycles. The predicted octanol–water partition coefficient (Wildman–Crippen LogP) is 4.61. The number of thioether (sulfide) groups is 1. The molecule has 0 saturated heterocycles. The first-order valence-electron chi connectivity index (χ1n) is 7.64. The van der Waals surface area contributed by atoms with Crippen LogP contribution in [0.4, 0.5) is 20.2 Å². The maximum Gasteiger partial charge on any atom is 0.288 e. The molecular formula is C19H17F2N3OS. The number of nitrogens with one attached hydrogen (secondary N) is 1. The first-order valence-corrected chi connectivity index (χ1v) is 8.52. The zero-order chi connectivity index (χ0) is 19.1. The van der Waals surface area contributed by atoms with Crippen molar-refractivity contribution in [1.29, 1.82) is 5.26 Å². The van der Waals surface area contributed by atoms with Crippen LogP contribution in [0.3, 0.4) is 0 Å². The topological polar surface area (TPSA) is 56.1 Å². The summed E-state index contributed by atoms with van der Waals surface area (Å²) in [6.45, 7) is 0. The Hall–Kier alpha value is -2.85. The van der Waals surface area contributed by atoms with Gasteiger partial charge in [0.05, 0.1) is 0 Å². The summed E-state index contributed by atoms with van der Waals surface area (Å²) in [5.41, 5.74) is 2.12. The molecule has 0 bridgehead atoms. The number of carbonyl (C=O) groups is 1. The summed E-state index contributed by atoms with van der Waals surface area (Å²) < 4.78 is 24.6. The molecule has 1 N–H and O–H groups in total. The summed E-state index contributed by atoms with van der Waals surface area (Å²) >= 11 is 0.428. The summed E-state index contributed by atoms with van der Waals surface area (Å²) in [4.78, 5) is 14.6. The molecule has 0 aliphatic rings. The van der Waals surface area contributed by atoms with Gasteiger partial charge in [-0.3, -0.25) is 4.79 Å². The lowest BCUT2D eigenvalue weighted by molar-refractivity contribution is -0.112. The molecule has 0 aromatic heterocycles. The molecule has 134 valence electrons. The Labute approximate surface area is 155 Å². The number of nitrogens with zero attached hydrogens (tertiary/aromatic N) is 2. The minimum absolute atomic E-state index is 0.0476. The van der Waals surface area contributed by atoms with Crippen molar-refractivity contribution in [2.75, 3.05) is 24.3 Å². The van der Waals surface area contributed by atoms with Crippen molar-refractivity contribution in [3.8, 4) is 6.07 Å². The molecule has 0 spiro atoms. The Kier molecular flexibility index (Phi) is 6.75. The Morgan fingerprint density at radius 3 is 2.27 bits per heavy atom. The molecule has 7 heteroatoms. The average molecular weight is 373 g/mol. The normalized spacial score (nSPS) is 11.2. The van der Waals surface area contributed by atoms with Gasteiger partial charge in [0.2, 0.25) is 0 Å². The van der Waals surface area contributed by atoms with Crippen LogP contribution in [0.5, 0.6) is 0 Å². The van der Waals surface area contributed by atoms with Gasteiger partial charge in [-0.2, -0.15) is 14.0 Å². The van der Waals surface area contributed by atoms with Crippen molar-refractivity contribution in [2.24, 2.45) is 0 Å². The van der Waals surface area contributed by atoms with E-state index >= 15 is 0 Å². The Bertz CT molecular complexity index is 825. The molecule has 0 aliphatic carbocycles. The van der Waals surface area contributed by atoms with Gasteiger partial charge in [-0.05, 0) is 48.0 Å². The van der Waals surface area contributed by atoms with E-state index in [1.54, 1.807) is 0 Å². The fourth-order valence-electron chi connectivity index (χ4n) is 2.10. The van der Waals surface area contributed by atoms with Gasteiger partial charge in [0.15, 0.2) is 0 Å². The fourth-order valence-corrected chi connectivity index (χ4v) is 2.60. The molecule has 0 atom stereocenters. The summed E-state index contributed by atoms with van der Waals surface area (Å²) in [6.07, 6.45) is 1.50. The van der Waals surface area contributed by atoms with Crippen molar-refractivity contribution < 1.29 is 13.6 Å².